The Bertz CT molecular complexity index is 834. The van der Waals surface area contributed by atoms with E-state index in [0.717, 1.165) is 11.3 Å². The van der Waals surface area contributed by atoms with E-state index in [9.17, 15) is 4.79 Å². The van der Waals surface area contributed by atoms with Crippen molar-refractivity contribution < 1.29 is 0 Å². The summed E-state index contributed by atoms with van der Waals surface area (Å²) in [4.78, 5) is 17.9. The minimum Gasteiger partial charge on any atom is -0.306 e. The van der Waals surface area contributed by atoms with E-state index < -0.39 is 0 Å². The predicted octanol–water partition coefficient (Wildman–Crippen LogP) is 1.11. The minimum absolute atomic E-state index is 0.196. The summed E-state index contributed by atoms with van der Waals surface area (Å²) >= 11 is 0. The number of anilines is 1. The second-order valence-corrected chi connectivity index (χ2v) is 4.52. The summed E-state index contributed by atoms with van der Waals surface area (Å²) in [5.41, 5.74) is 4.56. The number of aryl methyl sites for hydroxylation is 1. The maximum atomic E-state index is 11.4. The van der Waals surface area contributed by atoms with Gasteiger partial charge in [-0.05, 0) is 24.6 Å². The van der Waals surface area contributed by atoms with Crippen molar-refractivity contribution in [3.8, 4) is 5.69 Å². The number of benzene rings is 1. The van der Waals surface area contributed by atoms with Crippen LogP contribution in [0, 0.1) is 6.92 Å². The zero-order chi connectivity index (χ0) is 15.4. The lowest BCUT2D eigenvalue weighted by molar-refractivity contribution is 0.897. The summed E-state index contributed by atoms with van der Waals surface area (Å²) in [5.74, 6) is 0.196. The molecule has 110 valence electrons. The van der Waals surface area contributed by atoms with Gasteiger partial charge in [0.15, 0.2) is 0 Å². The molecule has 8 nitrogen and oxygen atoms in total. The normalized spacial score (nSPS) is 11.0. The van der Waals surface area contributed by atoms with E-state index >= 15 is 0 Å². The number of imidazole rings is 1. The summed E-state index contributed by atoms with van der Waals surface area (Å²) in [6, 6.07) is 7.75. The number of hydrogen-bond donors (Lipinski definition) is 2. The van der Waals surface area contributed by atoms with Crippen LogP contribution in [0.5, 0.6) is 0 Å². The molecule has 0 amide bonds. The Morgan fingerprint density at radius 3 is 2.77 bits per heavy atom. The highest BCUT2D eigenvalue weighted by Crippen LogP contribution is 2.08. The van der Waals surface area contributed by atoms with Crippen LogP contribution in [0.15, 0.2) is 52.9 Å². The second-order valence-electron chi connectivity index (χ2n) is 4.52. The number of hydrazone groups is 1. The summed E-state index contributed by atoms with van der Waals surface area (Å²) in [5, 5.41) is 11.5. The van der Waals surface area contributed by atoms with E-state index in [2.05, 4.69) is 30.7 Å². The molecule has 0 aliphatic carbocycles. The molecule has 2 aromatic heterocycles. The third kappa shape index (κ3) is 3.06. The number of aromatic nitrogens is 5. The number of nitrogens with one attached hydrogen (secondary N) is 2. The average molecular weight is 295 g/mol. The van der Waals surface area contributed by atoms with Crippen LogP contribution in [-0.4, -0.2) is 30.9 Å². The number of aromatic amines is 1. The maximum absolute atomic E-state index is 11.4. The van der Waals surface area contributed by atoms with Crippen LogP contribution < -0.4 is 11.0 Å². The number of rotatable bonds is 4. The first-order valence-corrected chi connectivity index (χ1v) is 6.53. The monoisotopic (exact) mass is 295 g/mol. The third-order valence-corrected chi connectivity index (χ3v) is 2.94. The highest BCUT2D eigenvalue weighted by atomic mass is 16.1. The fraction of sp³-hybridized carbons (Fsp3) is 0.0714. The van der Waals surface area contributed by atoms with Gasteiger partial charge in [-0.3, -0.25) is 9.78 Å². The summed E-state index contributed by atoms with van der Waals surface area (Å²) in [7, 11) is 0. The van der Waals surface area contributed by atoms with Crippen LogP contribution in [0.2, 0.25) is 0 Å². The Hall–Kier alpha value is -3.29. The van der Waals surface area contributed by atoms with Crippen molar-refractivity contribution in [3.63, 3.8) is 0 Å². The van der Waals surface area contributed by atoms with Crippen molar-refractivity contribution in [2.45, 2.75) is 6.92 Å². The molecule has 0 spiro atoms. The fourth-order valence-corrected chi connectivity index (χ4v) is 1.76. The molecule has 0 radical (unpaired) electrons. The quantitative estimate of drug-likeness (QED) is 0.554. The Morgan fingerprint density at radius 1 is 1.27 bits per heavy atom. The lowest BCUT2D eigenvalue weighted by Gasteiger charge is -2.02. The molecule has 3 aromatic rings. The number of nitrogens with zero attached hydrogens (tertiary/aromatic N) is 5. The van der Waals surface area contributed by atoms with Crippen LogP contribution in [0.3, 0.4) is 0 Å². The van der Waals surface area contributed by atoms with Crippen LogP contribution in [0.25, 0.3) is 5.69 Å². The van der Waals surface area contributed by atoms with Crippen LogP contribution >= 0.6 is 0 Å². The maximum Gasteiger partial charge on any atom is 0.274 e. The molecule has 0 bridgehead atoms. The van der Waals surface area contributed by atoms with Crippen molar-refractivity contribution in [2.75, 3.05) is 5.43 Å². The molecule has 22 heavy (non-hydrogen) atoms. The molecule has 0 fully saturated rings. The van der Waals surface area contributed by atoms with E-state index in [1.165, 1.54) is 0 Å². The van der Waals surface area contributed by atoms with E-state index in [-0.39, 0.29) is 11.5 Å². The predicted molar refractivity (Wildman–Crippen MR) is 82.2 cm³/mol. The summed E-state index contributed by atoms with van der Waals surface area (Å²) in [6.45, 7) is 1.58. The molecule has 0 aliphatic heterocycles. The Labute approximate surface area is 125 Å². The van der Waals surface area contributed by atoms with Gasteiger partial charge in [0, 0.05) is 18.1 Å². The molecular formula is C14H13N7O. The molecule has 0 saturated carbocycles. The Morgan fingerprint density at radius 2 is 2.09 bits per heavy atom. The third-order valence-electron chi connectivity index (χ3n) is 2.94. The molecule has 0 atom stereocenters. The molecule has 1 aromatic carbocycles. The van der Waals surface area contributed by atoms with E-state index in [0.29, 0.717) is 5.69 Å². The standard InChI is InChI=1S/C14H13N7O/c1-10-13(22)17-14(20-18-10)19-16-8-11-2-4-12(5-3-11)21-7-6-15-9-21/h2-9H,1H3,(H2,17,19,20,22). The van der Waals surface area contributed by atoms with Crippen LogP contribution in [0.4, 0.5) is 5.95 Å². The molecule has 0 aliphatic rings. The van der Waals surface area contributed by atoms with Crippen molar-refractivity contribution in [1.29, 1.82) is 0 Å². The van der Waals surface area contributed by atoms with E-state index in [4.69, 9.17) is 0 Å². The van der Waals surface area contributed by atoms with Crippen LogP contribution in [-0.2, 0) is 0 Å². The van der Waals surface area contributed by atoms with Crippen molar-refractivity contribution in [2.24, 2.45) is 5.10 Å². The summed E-state index contributed by atoms with van der Waals surface area (Å²) in [6.07, 6.45) is 6.95. The van der Waals surface area contributed by atoms with Gasteiger partial charge in [-0.25, -0.2) is 10.4 Å². The Balaban J connectivity index is 1.67. The zero-order valence-corrected chi connectivity index (χ0v) is 11.8. The van der Waals surface area contributed by atoms with Gasteiger partial charge in [0.2, 0.25) is 5.95 Å². The molecular weight excluding hydrogens is 282 g/mol. The van der Waals surface area contributed by atoms with Crippen molar-refractivity contribution >= 4 is 12.2 Å². The minimum atomic E-state index is -0.294. The largest absolute Gasteiger partial charge is 0.306 e. The fourth-order valence-electron chi connectivity index (χ4n) is 1.76. The van der Waals surface area contributed by atoms with Gasteiger partial charge < -0.3 is 4.57 Å². The molecule has 8 heteroatoms. The van der Waals surface area contributed by atoms with Gasteiger partial charge in [-0.2, -0.15) is 5.10 Å². The van der Waals surface area contributed by atoms with Crippen molar-refractivity contribution in [3.05, 3.63) is 64.6 Å². The number of H-pyrrole nitrogens is 1. The zero-order valence-electron chi connectivity index (χ0n) is 11.8. The van der Waals surface area contributed by atoms with E-state index in [1.54, 1.807) is 25.7 Å². The lowest BCUT2D eigenvalue weighted by Crippen LogP contribution is -2.15. The van der Waals surface area contributed by atoms with Gasteiger partial charge in [0.05, 0.1) is 12.5 Å². The molecule has 2 heterocycles. The first-order valence-electron chi connectivity index (χ1n) is 6.53. The van der Waals surface area contributed by atoms with Gasteiger partial charge in [0.25, 0.3) is 5.56 Å². The van der Waals surface area contributed by atoms with Crippen molar-refractivity contribution in [1.82, 2.24) is 24.7 Å². The van der Waals surface area contributed by atoms with Gasteiger partial charge in [-0.1, -0.05) is 12.1 Å². The molecule has 3 rings (SSSR count). The van der Waals surface area contributed by atoms with Crippen LogP contribution in [0.1, 0.15) is 11.3 Å². The van der Waals surface area contributed by atoms with E-state index in [1.807, 2.05) is 35.0 Å². The topological polar surface area (TPSA) is 101 Å². The first-order chi connectivity index (χ1) is 10.7. The Kier molecular flexibility index (Phi) is 3.73. The first kappa shape index (κ1) is 13.7. The molecule has 0 unspecified atom stereocenters. The second kappa shape index (κ2) is 6.00. The van der Waals surface area contributed by atoms with Gasteiger partial charge in [-0.15, -0.1) is 10.2 Å². The lowest BCUT2D eigenvalue weighted by atomic mass is 10.2. The van der Waals surface area contributed by atoms with Gasteiger partial charge >= 0.3 is 0 Å². The highest BCUT2D eigenvalue weighted by molar-refractivity contribution is 5.80. The SMILES string of the molecule is Cc1nnc(NN=Cc2ccc(-n3ccnc3)cc2)[nH]c1=O. The number of hydrogen-bond acceptors (Lipinski definition) is 6. The molecule has 2 N–H and O–H groups in total. The highest BCUT2D eigenvalue weighted by Gasteiger charge is 1.98. The molecule has 0 saturated heterocycles. The summed E-state index contributed by atoms with van der Waals surface area (Å²) < 4.78 is 1.91. The average Bonchev–Trinajstić information content (AvgIpc) is 3.06. The smallest absolute Gasteiger partial charge is 0.274 e. The van der Waals surface area contributed by atoms with Gasteiger partial charge in [0.1, 0.15) is 5.69 Å².